The molecule has 0 N–H and O–H groups in total. The van der Waals surface area contributed by atoms with Crippen molar-refractivity contribution in [2.45, 2.75) is 25.7 Å². The normalized spacial score (nSPS) is 12.9. The number of nitrogens with zero attached hydrogens (tertiary/aromatic N) is 1. The van der Waals surface area contributed by atoms with Gasteiger partial charge in [0.25, 0.3) is 10.1 Å². The van der Waals surface area contributed by atoms with E-state index >= 15 is 0 Å². The van der Waals surface area contributed by atoms with Gasteiger partial charge in [-0.1, -0.05) is 31.5 Å². The molecular formula is C14H23NO3S. The molecular weight excluding hydrogens is 262 g/mol. The first-order valence-corrected chi connectivity index (χ1v) is 7.64. The van der Waals surface area contributed by atoms with Crippen LogP contribution in [-0.4, -0.2) is 40.6 Å². The summed E-state index contributed by atoms with van der Waals surface area (Å²) in [6, 6.07) is 6.68. The minimum Gasteiger partial charge on any atom is -0.309 e. The van der Waals surface area contributed by atoms with Crippen LogP contribution in [0, 0.1) is 12.3 Å². The molecule has 0 aromatic heterocycles. The molecule has 19 heavy (non-hydrogen) atoms. The van der Waals surface area contributed by atoms with Crippen LogP contribution < -0.4 is 0 Å². The quantitative estimate of drug-likeness (QED) is 0.752. The summed E-state index contributed by atoms with van der Waals surface area (Å²) in [5.41, 5.74) is 0.799. The Kier molecular flexibility index (Phi) is 5.12. The topological polar surface area (TPSA) is 46.6 Å². The Morgan fingerprint density at radius 1 is 1.16 bits per heavy atom. The minimum absolute atomic E-state index is 0.168. The lowest BCUT2D eigenvalue weighted by Gasteiger charge is -2.27. The molecule has 0 radical (unpaired) electrons. The summed E-state index contributed by atoms with van der Waals surface area (Å²) in [5, 5.41) is 0. The molecule has 1 rings (SSSR count). The van der Waals surface area contributed by atoms with Crippen LogP contribution in [0.25, 0.3) is 0 Å². The van der Waals surface area contributed by atoms with Gasteiger partial charge in [-0.05, 0) is 33.2 Å². The number of rotatable bonds is 6. The maximum Gasteiger partial charge on any atom is 0.296 e. The average Bonchev–Trinajstić information content (AvgIpc) is 2.26. The first kappa shape index (κ1) is 16.1. The SMILES string of the molecule is Cc1ccc(S(=O)(=O)OCC(C)(C)CN(C)C)cc1. The van der Waals surface area contributed by atoms with E-state index in [1.165, 1.54) is 0 Å². The Bertz CT molecular complexity index is 504. The Morgan fingerprint density at radius 3 is 2.16 bits per heavy atom. The van der Waals surface area contributed by atoms with Crippen LogP contribution in [0.15, 0.2) is 29.2 Å². The molecule has 0 amide bonds. The largest absolute Gasteiger partial charge is 0.309 e. The van der Waals surface area contributed by atoms with Crippen molar-refractivity contribution < 1.29 is 12.6 Å². The fourth-order valence-corrected chi connectivity index (χ4v) is 2.99. The fraction of sp³-hybridized carbons (Fsp3) is 0.571. The van der Waals surface area contributed by atoms with E-state index in [1.54, 1.807) is 24.3 Å². The lowest BCUT2D eigenvalue weighted by Crippen LogP contribution is -2.33. The third kappa shape index (κ3) is 5.30. The van der Waals surface area contributed by atoms with E-state index in [0.717, 1.165) is 12.1 Å². The highest BCUT2D eigenvalue weighted by Gasteiger charge is 2.24. The molecule has 0 heterocycles. The zero-order chi connectivity index (χ0) is 14.7. The molecule has 0 unspecified atom stereocenters. The van der Waals surface area contributed by atoms with Gasteiger partial charge in [-0.25, -0.2) is 0 Å². The maximum atomic E-state index is 12.0. The summed E-state index contributed by atoms with van der Waals surface area (Å²) in [4.78, 5) is 2.22. The van der Waals surface area contributed by atoms with Crippen molar-refractivity contribution in [3.05, 3.63) is 29.8 Å². The fourth-order valence-electron chi connectivity index (χ4n) is 1.91. The minimum atomic E-state index is -3.66. The van der Waals surface area contributed by atoms with Crippen molar-refractivity contribution in [3.63, 3.8) is 0 Å². The van der Waals surface area contributed by atoms with Crippen LogP contribution >= 0.6 is 0 Å². The van der Waals surface area contributed by atoms with Crippen LogP contribution in [0.2, 0.25) is 0 Å². The second-order valence-corrected chi connectivity index (χ2v) is 7.55. The molecule has 0 aliphatic heterocycles. The molecule has 5 heteroatoms. The van der Waals surface area contributed by atoms with E-state index in [1.807, 2.05) is 39.8 Å². The first-order valence-electron chi connectivity index (χ1n) is 6.23. The van der Waals surface area contributed by atoms with Crippen molar-refractivity contribution in [3.8, 4) is 0 Å². The molecule has 0 spiro atoms. The molecule has 0 fully saturated rings. The molecule has 108 valence electrons. The molecule has 1 aromatic carbocycles. The molecule has 0 bridgehead atoms. The molecule has 0 atom stereocenters. The monoisotopic (exact) mass is 285 g/mol. The lowest BCUT2D eigenvalue weighted by atomic mass is 9.95. The van der Waals surface area contributed by atoms with E-state index in [0.29, 0.717) is 0 Å². The van der Waals surface area contributed by atoms with Crippen LogP contribution in [0.5, 0.6) is 0 Å². The van der Waals surface area contributed by atoms with E-state index < -0.39 is 10.1 Å². The van der Waals surface area contributed by atoms with Crippen molar-refractivity contribution in [2.24, 2.45) is 5.41 Å². The first-order chi connectivity index (χ1) is 8.62. The lowest BCUT2D eigenvalue weighted by molar-refractivity contribution is 0.145. The van der Waals surface area contributed by atoms with E-state index in [2.05, 4.69) is 0 Å². The summed E-state index contributed by atoms with van der Waals surface area (Å²) in [5.74, 6) is 0. The van der Waals surface area contributed by atoms with Gasteiger partial charge in [0, 0.05) is 12.0 Å². The Labute approximate surface area is 116 Å². The standard InChI is InChI=1S/C14H23NO3S/c1-12-6-8-13(9-7-12)19(16,17)18-11-14(2,3)10-15(4)5/h6-9H,10-11H2,1-5H3. The zero-order valence-electron chi connectivity index (χ0n) is 12.3. The molecule has 0 saturated carbocycles. The van der Waals surface area contributed by atoms with Crippen molar-refractivity contribution >= 4 is 10.1 Å². The Balaban J connectivity index is 2.73. The molecule has 0 aliphatic rings. The second-order valence-electron chi connectivity index (χ2n) is 5.93. The predicted octanol–water partition coefficient (Wildman–Crippen LogP) is 2.29. The highest BCUT2D eigenvalue weighted by Crippen LogP contribution is 2.20. The molecule has 0 aliphatic carbocycles. The van der Waals surface area contributed by atoms with Crippen molar-refractivity contribution in [2.75, 3.05) is 27.2 Å². The van der Waals surface area contributed by atoms with Gasteiger partial charge in [-0.2, -0.15) is 8.42 Å². The number of hydrogen-bond acceptors (Lipinski definition) is 4. The Morgan fingerprint density at radius 2 is 1.68 bits per heavy atom. The van der Waals surface area contributed by atoms with Gasteiger partial charge in [-0.3, -0.25) is 4.18 Å². The van der Waals surface area contributed by atoms with Crippen molar-refractivity contribution in [1.29, 1.82) is 0 Å². The van der Waals surface area contributed by atoms with Gasteiger partial charge in [-0.15, -0.1) is 0 Å². The van der Waals surface area contributed by atoms with Crippen LogP contribution in [0.4, 0.5) is 0 Å². The summed E-state index contributed by atoms with van der Waals surface area (Å²) in [6.45, 7) is 6.81. The molecule has 1 aromatic rings. The van der Waals surface area contributed by atoms with Gasteiger partial charge in [0.05, 0.1) is 11.5 Å². The Hall–Kier alpha value is -0.910. The van der Waals surface area contributed by atoms with Gasteiger partial charge in [0.1, 0.15) is 0 Å². The summed E-state index contributed by atoms with van der Waals surface area (Å²) in [6.07, 6.45) is 0. The smallest absolute Gasteiger partial charge is 0.296 e. The van der Waals surface area contributed by atoms with E-state index in [9.17, 15) is 8.42 Å². The van der Waals surface area contributed by atoms with Crippen LogP contribution in [0.3, 0.4) is 0 Å². The number of benzene rings is 1. The van der Waals surface area contributed by atoms with Crippen molar-refractivity contribution in [1.82, 2.24) is 4.90 Å². The van der Waals surface area contributed by atoms with E-state index in [4.69, 9.17) is 4.18 Å². The van der Waals surface area contributed by atoms with Crippen LogP contribution in [0.1, 0.15) is 19.4 Å². The highest BCUT2D eigenvalue weighted by molar-refractivity contribution is 7.86. The third-order valence-electron chi connectivity index (χ3n) is 2.66. The highest BCUT2D eigenvalue weighted by atomic mass is 32.2. The predicted molar refractivity (Wildman–Crippen MR) is 76.7 cm³/mol. The van der Waals surface area contributed by atoms with Gasteiger partial charge < -0.3 is 4.90 Å². The van der Waals surface area contributed by atoms with Gasteiger partial charge >= 0.3 is 0 Å². The average molecular weight is 285 g/mol. The maximum absolute atomic E-state index is 12.0. The van der Waals surface area contributed by atoms with Gasteiger partial charge in [0.15, 0.2) is 0 Å². The number of hydrogen-bond donors (Lipinski definition) is 0. The summed E-state index contributed by atoms with van der Waals surface area (Å²) >= 11 is 0. The van der Waals surface area contributed by atoms with Gasteiger partial charge in [0.2, 0.25) is 0 Å². The number of aryl methyl sites for hydroxylation is 1. The summed E-state index contributed by atoms with van der Waals surface area (Å²) < 4.78 is 29.2. The zero-order valence-corrected chi connectivity index (χ0v) is 13.1. The molecule has 4 nitrogen and oxygen atoms in total. The second kappa shape index (κ2) is 6.03. The third-order valence-corrected chi connectivity index (χ3v) is 3.94. The van der Waals surface area contributed by atoms with Crippen LogP contribution in [-0.2, 0) is 14.3 Å². The summed E-state index contributed by atoms with van der Waals surface area (Å²) in [7, 11) is 0.245. The molecule has 0 saturated heterocycles. The van der Waals surface area contributed by atoms with E-state index in [-0.39, 0.29) is 16.9 Å².